The van der Waals surface area contributed by atoms with E-state index in [0.717, 1.165) is 11.3 Å². The van der Waals surface area contributed by atoms with Gasteiger partial charge < -0.3 is 0 Å². The molecule has 1 atom stereocenters. The maximum Gasteiger partial charge on any atom is 0.250 e. The van der Waals surface area contributed by atoms with Gasteiger partial charge >= 0.3 is 0 Å². The Balaban J connectivity index is 2.08. The van der Waals surface area contributed by atoms with Crippen molar-refractivity contribution in [3.05, 3.63) is 33.3 Å². The molecular weight excluding hydrogens is 374 g/mol. The first-order valence-corrected chi connectivity index (χ1v) is 8.80. The maximum absolute atomic E-state index is 12.1. The predicted molar refractivity (Wildman–Crippen MR) is 79.0 cm³/mol. The smallest absolute Gasteiger partial charge is 0.250 e. The van der Waals surface area contributed by atoms with Gasteiger partial charge in [-0.3, -0.25) is 4.68 Å². The first-order chi connectivity index (χ1) is 8.88. The largest absolute Gasteiger partial charge is 0.271 e. The third-order valence-electron chi connectivity index (χ3n) is 2.26. The molecule has 0 spiro atoms. The van der Waals surface area contributed by atoms with Crippen molar-refractivity contribution in [1.29, 1.82) is 0 Å². The lowest BCUT2D eigenvalue weighted by molar-refractivity contribution is 0.494. The summed E-state index contributed by atoms with van der Waals surface area (Å²) in [4.78, 5) is 0. The minimum atomic E-state index is -3.55. The van der Waals surface area contributed by atoms with Crippen LogP contribution in [0.3, 0.4) is 0 Å². The van der Waals surface area contributed by atoms with Crippen molar-refractivity contribution in [2.75, 3.05) is 0 Å². The van der Waals surface area contributed by atoms with Crippen molar-refractivity contribution in [1.82, 2.24) is 14.5 Å². The third-order valence-corrected chi connectivity index (χ3v) is 6.80. The van der Waals surface area contributed by atoms with Crippen molar-refractivity contribution < 1.29 is 8.42 Å². The molecule has 0 saturated heterocycles. The second-order valence-electron chi connectivity index (χ2n) is 3.94. The summed E-state index contributed by atoms with van der Waals surface area (Å²) in [6.07, 6.45) is 3.43. The molecule has 0 amide bonds. The molecule has 0 aliphatic carbocycles. The van der Waals surface area contributed by atoms with Crippen LogP contribution in [0, 0.1) is 0 Å². The molecule has 9 heteroatoms. The summed E-state index contributed by atoms with van der Waals surface area (Å²) in [6, 6.07) is 2.95. The SMILES string of the molecule is CC(Cn1cccn1)NS(=O)(=O)c1cc(Cl)c(Br)s1. The van der Waals surface area contributed by atoms with Gasteiger partial charge in [-0.25, -0.2) is 13.1 Å². The minimum Gasteiger partial charge on any atom is -0.271 e. The highest BCUT2D eigenvalue weighted by molar-refractivity contribution is 9.11. The molecular formula is C10H11BrClN3O2S2. The summed E-state index contributed by atoms with van der Waals surface area (Å²) in [7, 11) is -3.55. The van der Waals surface area contributed by atoms with Crippen LogP contribution < -0.4 is 4.72 Å². The van der Waals surface area contributed by atoms with Crippen LogP contribution in [0.15, 0.2) is 32.5 Å². The van der Waals surface area contributed by atoms with Gasteiger partial charge in [0.1, 0.15) is 4.21 Å². The van der Waals surface area contributed by atoms with Crippen LogP contribution in [0.25, 0.3) is 0 Å². The quantitative estimate of drug-likeness (QED) is 0.862. The molecule has 0 saturated carbocycles. The van der Waals surface area contributed by atoms with Crippen molar-refractivity contribution in [3.8, 4) is 0 Å². The molecule has 0 aliphatic rings. The molecule has 104 valence electrons. The fourth-order valence-electron chi connectivity index (χ4n) is 1.51. The van der Waals surface area contributed by atoms with Crippen molar-refractivity contribution in [2.24, 2.45) is 0 Å². The Hall–Kier alpha value is -0.410. The summed E-state index contributed by atoms with van der Waals surface area (Å²) < 4.78 is 29.3. The van der Waals surface area contributed by atoms with Crippen LogP contribution >= 0.6 is 38.9 Å². The monoisotopic (exact) mass is 383 g/mol. The number of hydrogen-bond acceptors (Lipinski definition) is 4. The number of thiophene rings is 1. The second-order valence-corrected chi connectivity index (χ2v) is 8.66. The summed E-state index contributed by atoms with van der Waals surface area (Å²) >= 11 is 10.1. The van der Waals surface area contributed by atoms with E-state index in [-0.39, 0.29) is 10.3 Å². The second kappa shape index (κ2) is 5.92. The topological polar surface area (TPSA) is 64.0 Å². The fourth-order valence-corrected chi connectivity index (χ4v) is 5.16. The van der Waals surface area contributed by atoms with Gasteiger partial charge in [0, 0.05) is 18.4 Å². The molecule has 2 heterocycles. The van der Waals surface area contributed by atoms with E-state index in [1.54, 1.807) is 30.1 Å². The van der Waals surface area contributed by atoms with Crippen molar-refractivity contribution >= 4 is 48.9 Å². The number of rotatable bonds is 5. The molecule has 0 aromatic carbocycles. The van der Waals surface area contributed by atoms with Crippen LogP contribution in [-0.2, 0) is 16.6 Å². The van der Waals surface area contributed by atoms with E-state index in [2.05, 4.69) is 25.8 Å². The van der Waals surface area contributed by atoms with Gasteiger partial charge in [-0.1, -0.05) is 11.6 Å². The molecule has 19 heavy (non-hydrogen) atoms. The predicted octanol–water partition coefficient (Wildman–Crippen LogP) is 2.73. The summed E-state index contributed by atoms with van der Waals surface area (Å²) in [5, 5.41) is 4.43. The van der Waals surface area contributed by atoms with Gasteiger partial charge in [-0.2, -0.15) is 5.10 Å². The fraction of sp³-hybridized carbons (Fsp3) is 0.300. The number of halogens is 2. The number of nitrogens with one attached hydrogen (secondary N) is 1. The molecule has 5 nitrogen and oxygen atoms in total. The standard InChI is InChI=1S/C10H11BrClN3O2S2/c1-7(6-15-4-2-3-13-15)14-19(16,17)9-5-8(12)10(11)18-9/h2-5,7,14H,6H2,1H3. The summed E-state index contributed by atoms with van der Waals surface area (Å²) in [5.41, 5.74) is 0. The summed E-state index contributed by atoms with van der Waals surface area (Å²) in [5.74, 6) is 0. The van der Waals surface area contributed by atoms with Gasteiger partial charge in [0.05, 0.1) is 15.4 Å². The Morgan fingerprint density at radius 1 is 1.63 bits per heavy atom. The Morgan fingerprint density at radius 2 is 2.37 bits per heavy atom. The Labute approximate surface area is 128 Å². The molecule has 0 fully saturated rings. The molecule has 2 aromatic rings. The minimum absolute atomic E-state index is 0.191. The van der Waals surface area contributed by atoms with Crippen molar-refractivity contribution in [3.63, 3.8) is 0 Å². The zero-order valence-electron chi connectivity index (χ0n) is 9.88. The number of aromatic nitrogens is 2. The normalized spacial score (nSPS) is 13.6. The van der Waals surface area contributed by atoms with E-state index in [9.17, 15) is 8.42 Å². The van der Waals surface area contributed by atoms with Crippen molar-refractivity contribution in [2.45, 2.75) is 23.7 Å². The molecule has 1 N–H and O–H groups in total. The molecule has 2 aromatic heterocycles. The summed E-state index contributed by atoms with van der Waals surface area (Å²) in [6.45, 7) is 2.25. The van der Waals surface area contributed by atoms with E-state index in [0.29, 0.717) is 15.4 Å². The van der Waals surface area contributed by atoms with Crippen LogP contribution in [0.4, 0.5) is 0 Å². The van der Waals surface area contributed by atoms with E-state index >= 15 is 0 Å². The van der Waals surface area contributed by atoms with Gasteiger partial charge in [-0.15, -0.1) is 11.3 Å². The van der Waals surface area contributed by atoms with Crippen LogP contribution in [-0.4, -0.2) is 24.2 Å². The molecule has 0 aliphatic heterocycles. The highest BCUT2D eigenvalue weighted by atomic mass is 79.9. The van der Waals surface area contributed by atoms with Crippen LogP contribution in [0.2, 0.25) is 5.02 Å². The van der Waals surface area contributed by atoms with Crippen LogP contribution in [0.5, 0.6) is 0 Å². The van der Waals surface area contributed by atoms with Gasteiger partial charge in [0.15, 0.2) is 0 Å². The van der Waals surface area contributed by atoms with E-state index < -0.39 is 10.0 Å². The number of nitrogens with zero attached hydrogens (tertiary/aromatic N) is 2. The Kier molecular flexibility index (Phi) is 4.67. The van der Waals surface area contributed by atoms with E-state index in [4.69, 9.17) is 11.6 Å². The third kappa shape index (κ3) is 3.79. The Bertz CT molecular complexity index is 635. The maximum atomic E-state index is 12.1. The molecule has 1 unspecified atom stereocenters. The average Bonchev–Trinajstić information content (AvgIpc) is 2.89. The van der Waals surface area contributed by atoms with Gasteiger partial charge in [0.25, 0.3) is 0 Å². The molecule has 2 rings (SSSR count). The van der Waals surface area contributed by atoms with Gasteiger partial charge in [-0.05, 0) is 35.0 Å². The lowest BCUT2D eigenvalue weighted by atomic mass is 10.4. The zero-order valence-corrected chi connectivity index (χ0v) is 13.9. The van der Waals surface area contributed by atoms with E-state index in [1.807, 2.05) is 0 Å². The highest BCUT2D eigenvalue weighted by Gasteiger charge is 2.21. The number of sulfonamides is 1. The Morgan fingerprint density at radius 3 is 2.89 bits per heavy atom. The average molecular weight is 385 g/mol. The first kappa shape index (κ1) is 15.0. The zero-order chi connectivity index (χ0) is 14.0. The molecule has 0 radical (unpaired) electrons. The lowest BCUT2D eigenvalue weighted by Crippen LogP contribution is -2.35. The molecule has 0 bridgehead atoms. The highest BCUT2D eigenvalue weighted by Crippen LogP contribution is 2.34. The first-order valence-electron chi connectivity index (χ1n) is 5.33. The van der Waals surface area contributed by atoms with Gasteiger partial charge in [0.2, 0.25) is 10.0 Å². The van der Waals surface area contributed by atoms with Crippen LogP contribution in [0.1, 0.15) is 6.92 Å². The number of hydrogen-bond donors (Lipinski definition) is 1. The van der Waals surface area contributed by atoms with E-state index in [1.165, 1.54) is 6.07 Å². The lowest BCUT2D eigenvalue weighted by Gasteiger charge is -2.13.